The lowest BCUT2D eigenvalue weighted by molar-refractivity contribution is 0.477. The molecule has 0 aliphatic heterocycles. The standard InChI is InChI=1S/C44H41N3O/c1-43(2,3)33-19-21-35(22-20-33)47-39-17-12-16-36(41(39)46-42(47)37-15-10-11-18-40(37)48)31-25-32(27-34(26-31)44(4,5)6)38-28-30(23-24-45-38)29-13-8-7-9-14-29/h7-28,48H,1-6H3/i7D,8D,9D,13D,14D. The molecule has 7 aromatic rings. The van der Waals surface area contributed by atoms with E-state index in [0.29, 0.717) is 22.6 Å². The van der Waals surface area contributed by atoms with Crippen molar-refractivity contribution in [1.82, 2.24) is 14.5 Å². The number of hydrogen-bond donors (Lipinski definition) is 1. The van der Waals surface area contributed by atoms with E-state index in [1.165, 1.54) is 5.56 Å². The average molecular weight is 633 g/mol. The number of phenolic OH excluding ortho intramolecular Hbond substituents is 1. The summed E-state index contributed by atoms with van der Waals surface area (Å²) in [4.78, 5) is 9.96. The molecule has 0 spiro atoms. The minimum absolute atomic E-state index is 0.0118. The van der Waals surface area contributed by atoms with Crippen molar-refractivity contribution in [2.45, 2.75) is 52.4 Å². The molecule has 0 saturated heterocycles. The van der Waals surface area contributed by atoms with Gasteiger partial charge in [-0.3, -0.25) is 9.55 Å². The van der Waals surface area contributed by atoms with E-state index in [4.69, 9.17) is 16.8 Å². The van der Waals surface area contributed by atoms with Crippen molar-refractivity contribution in [2.24, 2.45) is 0 Å². The Morgan fingerprint density at radius 3 is 2.02 bits per heavy atom. The van der Waals surface area contributed by atoms with Crippen LogP contribution in [0.2, 0.25) is 0 Å². The van der Waals surface area contributed by atoms with Crippen molar-refractivity contribution in [1.29, 1.82) is 0 Å². The Bertz CT molecular complexity index is 2510. The van der Waals surface area contributed by atoms with Gasteiger partial charge in [0.05, 0.1) is 29.1 Å². The number of rotatable bonds is 5. The van der Waals surface area contributed by atoms with Crippen LogP contribution in [0.3, 0.4) is 0 Å². The molecule has 7 rings (SSSR count). The van der Waals surface area contributed by atoms with Crippen LogP contribution in [0.15, 0.2) is 133 Å². The fourth-order valence-corrected chi connectivity index (χ4v) is 6.05. The van der Waals surface area contributed by atoms with E-state index in [9.17, 15) is 5.11 Å². The van der Waals surface area contributed by atoms with E-state index in [2.05, 4.69) is 94.6 Å². The Kier molecular flexibility index (Phi) is 6.37. The van der Waals surface area contributed by atoms with Gasteiger partial charge in [0.25, 0.3) is 0 Å². The molecular formula is C44H41N3O. The molecule has 0 amide bonds. The number of aromatic hydroxyl groups is 1. The molecule has 0 fully saturated rings. The fraction of sp³-hybridized carbons (Fsp3) is 0.182. The summed E-state index contributed by atoms with van der Waals surface area (Å²) in [6.45, 7) is 13.0. The summed E-state index contributed by atoms with van der Waals surface area (Å²) in [5.41, 5.74) is 9.09. The van der Waals surface area contributed by atoms with Gasteiger partial charge >= 0.3 is 0 Å². The Balaban J connectivity index is 1.45. The van der Waals surface area contributed by atoms with Crippen LogP contribution in [0.25, 0.3) is 61.6 Å². The monoisotopic (exact) mass is 632 g/mol. The van der Waals surface area contributed by atoms with Crippen LogP contribution in [-0.2, 0) is 10.8 Å². The fourth-order valence-electron chi connectivity index (χ4n) is 6.05. The molecule has 0 bridgehead atoms. The molecule has 4 heteroatoms. The van der Waals surface area contributed by atoms with Crippen LogP contribution >= 0.6 is 0 Å². The Morgan fingerprint density at radius 1 is 0.625 bits per heavy atom. The number of phenols is 1. The number of benzene rings is 5. The highest BCUT2D eigenvalue weighted by molar-refractivity contribution is 5.96. The zero-order valence-corrected chi connectivity index (χ0v) is 28.1. The first kappa shape index (κ1) is 25.6. The van der Waals surface area contributed by atoms with Crippen molar-refractivity contribution in [2.75, 3.05) is 0 Å². The Morgan fingerprint density at radius 2 is 1.31 bits per heavy atom. The average Bonchev–Trinajstić information content (AvgIpc) is 3.52. The summed E-state index contributed by atoms with van der Waals surface area (Å²) in [5, 5.41) is 11.1. The molecule has 5 aromatic carbocycles. The van der Waals surface area contributed by atoms with Crippen LogP contribution < -0.4 is 0 Å². The molecule has 48 heavy (non-hydrogen) atoms. The first-order chi connectivity index (χ1) is 25.0. The zero-order chi connectivity index (χ0) is 38.0. The van der Waals surface area contributed by atoms with Crippen LogP contribution in [0, 0.1) is 0 Å². The molecule has 2 aromatic heterocycles. The minimum Gasteiger partial charge on any atom is -0.507 e. The van der Waals surface area contributed by atoms with E-state index in [0.717, 1.165) is 39.0 Å². The second-order valence-corrected chi connectivity index (χ2v) is 14.2. The molecule has 0 radical (unpaired) electrons. The number of para-hydroxylation sites is 2. The summed E-state index contributed by atoms with van der Waals surface area (Å²) in [6.07, 6.45) is 1.61. The number of aromatic nitrogens is 3. The quantitative estimate of drug-likeness (QED) is 0.205. The Hall–Kier alpha value is -5.48. The maximum Gasteiger partial charge on any atom is 0.149 e. The highest BCUT2D eigenvalue weighted by Crippen LogP contribution is 2.40. The van der Waals surface area contributed by atoms with Gasteiger partial charge in [-0.05, 0) is 93.2 Å². The summed E-state index contributed by atoms with van der Waals surface area (Å²) in [5.74, 6) is 0.758. The van der Waals surface area contributed by atoms with Crippen LogP contribution in [-0.4, -0.2) is 19.6 Å². The summed E-state index contributed by atoms with van der Waals surface area (Å²) < 4.78 is 43.7. The van der Waals surface area contributed by atoms with Crippen LogP contribution in [0.4, 0.5) is 0 Å². The van der Waals surface area contributed by atoms with Crippen molar-refractivity contribution >= 4 is 11.0 Å². The van der Waals surface area contributed by atoms with Crippen molar-refractivity contribution in [3.8, 4) is 56.3 Å². The molecule has 4 nitrogen and oxygen atoms in total. The second kappa shape index (κ2) is 12.0. The van der Waals surface area contributed by atoms with Gasteiger partial charge in [-0.2, -0.15) is 0 Å². The van der Waals surface area contributed by atoms with E-state index >= 15 is 0 Å². The first-order valence-corrected chi connectivity index (χ1v) is 16.1. The maximum atomic E-state index is 11.1. The predicted octanol–water partition coefficient (Wildman–Crippen LogP) is 11.4. The largest absolute Gasteiger partial charge is 0.507 e. The van der Waals surface area contributed by atoms with Gasteiger partial charge in [0.15, 0.2) is 0 Å². The zero-order valence-electron chi connectivity index (χ0n) is 33.1. The number of fused-ring (bicyclic) bond motifs is 1. The molecule has 0 atom stereocenters. The molecule has 0 saturated carbocycles. The van der Waals surface area contributed by atoms with Gasteiger partial charge in [0.2, 0.25) is 0 Å². The van der Waals surface area contributed by atoms with Gasteiger partial charge in [-0.1, -0.05) is 114 Å². The summed E-state index contributed by atoms with van der Waals surface area (Å²) >= 11 is 0. The number of hydrogen-bond acceptors (Lipinski definition) is 3. The van der Waals surface area contributed by atoms with Crippen molar-refractivity contribution in [3.63, 3.8) is 0 Å². The van der Waals surface area contributed by atoms with Crippen molar-refractivity contribution in [3.05, 3.63) is 145 Å². The minimum atomic E-state index is -0.426. The molecule has 0 aliphatic rings. The molecule has 1 N–H and O–H groups in total. The lowest BCUT2D eigenvalue weighted by atomic mass is 9.83. The normalized spacial score (nSPS) is 13.5. The Labute approximate surface area is 290 Å². The summed E-state index contributed by atoms with van der Waals surface area (Å²) in [6, 6.07) is 30.0. The second-order valence-electron chi connectivity index (χ2n) is 14.2. The van der Waals surface area contributed by atoms with Crippen molar-refractivity contribution < 1.29 is 12.0 Å². The van der Waals surface area contributed by atoms with Crippen LogP contribution in [0.5, 0.6) is 5.75 Å². The number of pyridine rings is 1. The highest BCUT2D eigenvalue weighted by atomic mass is 16.3. The SMILES string of the molecule is [2H]c1c([2H])c([2H])c(-c2ccnc(-c3cc(-c4cccc5c4nc(-c4ccccc4O)n5-c4ccc(C(C)(C)C)cc4)cc(C(C)(C)C)c3)c2)c([2H])c1[2H]. The first-order valence-electron chi connectivity index (χ1n) is 18.6. The van der Waals surface area contributed by atoms with Gasteiger partial charge in [0, 0.05) is 23.0 Å². The lowest BCUT2D eigenvalue weighted by Crippen LogP contribution is -2.11. The third-order valence-electron chi connectivity index (χ3n) is 8.78. The third-order valence-corrected chi connectivity index (χ3v) is 8.78. The lowest BCUT2D eigenvalue weighted by Gasteiger charge is -2.22. The third kappa shape index (κ3) is 5.91. The number of nitrogens with zero attached hydrogens (tertiary/aromatic N) is 3. The maximum absolute atomic E-state index is 11.1. The predicted molar refractivity (Wildman–Crippen MR) is 200 cm³/mol. The molecular weight excluding hydrogens is 587 g/mol. The van der Waals surface area contributed by atoms with E-state index < -0.39 is 6.04 Å². The highest BCUT2D eigenvalue weighted by Gasteiger charge is 2.22. The number of imidazole rings is 1. The van der Waals surface area contributed by atoms with Gasteiger partial charge in [-0.25, -0.2) is 4.98 Å². The van der Waals surface area contributed by atoms with E-state index in [1.807, 2.05) is 24.3 Å². The van der Waals surface area contributed by atoms with Gasteiger partial charge in [-0.15, -0.1) is 0 Å². The smallest absolute Gasteiger partial charge is 0.149 e. The van der Waals surface area contributed by atoms with E-state index in [1.54, 1.807) is 30.5 Å². The molecule has 2 heterocycles. The van der Waals surface area contributed by atoms with Gasteiger partial charge < -0.3 is 5.11 Å². The molecule has 238 valence electrons. The topological polar surface area (TPSA) is 50.9 Å². The van der Waals surface area contributed by atoms with E-state index in [-0.39, 0.29) is 46.3 Å². The van der Waals surface area contributed by atoms with Gasteiger partial charge in [0.1, 0.15) is 11.6 Å². The summed E-state index contributed by atoms with van der Waals surface area (Å²) in [7, 11) is 0. The molecule has 0 aliphatic carbocycles. The molecule has 0 unspecified atom stereocenters. The van der Waals surface area contributed by atoms with Crippen LogP contribution in [0.1, 0.15) is 59.5 Å².